The average molecular weight is 447 g/mol. The fourth-order valence-electron chi connectivity index (χ4n) is 4.21. The van der Waals surface area contributed by atoms with Gasteiger partial charge in [0.25, 0.3) is 0 Å². The first-order valence-electron chi connectivity index (χ1n) is 10.7. The highest BCUT2D eigenvalue weighted by Crippen LogP contribution is 2.38. The second-order valence-electron chi connectivity index (χ2n) is 7.90. The van der Waals surface area contributed by atoms with Gasteiger partial charge in [0.05, 0.1) is 19.9 Å². The maximum atomic E-state index is 5.50. The largest absolute Gasteiger partial charge is 0.493 e. The van der Waals surface area contributed by atoms with E-state index >= 15 is 0 Å². The van der Waals surface area contributed by atoms with Crippen LogP contribution >= 0.6 is 8.35 Å². The summed E-state index contributed by atoms with van der Waals surface area (Å²) in [4.78, 5) is 11.8. The van der Waals surface area contributed by atoms with E-state index in [0.29, 0.717) is 17.5 Å². The number of aromatic nitrogens is 3. The molecule has 8 heteroatoms. The molecule has 0 amide bonds. The zero-order chi connectivity index (χ0) is 22.1. The van der Waals surface area contributed by atoms with Gasteiger partial charge in [-0.2, -0.15) is 0 Å². The van der Waals surface area contributed by atoms with Gasteiger partial charge in [-0.05, 0) is 55.7 Å². The van der Waals surface area contributed by atoms with Gasteiger partial charge in [-0.25, -0.2) is 9.97 Å². The third kappa shape index (κ3) is 3.84. The monoisotopic (exact) mass is 447 g/mol. The lowest BCUT2D eigenvalue weighted by Crippen LogP contribution is -2.27. The van der Waals surface area contributed by atoms with Crippen molar-refractivity contribution in [3.05, 3.63) is 54.9 Å². The molecule has 5 rings (SSSR count). The number of hydrogen-bond donors (Lipinski definition) is 1. The number of pyridine rings is 1. The minimum Gasteiger partial charge on any atom is -0.493 e. The Balaban J connectivity index is 1.52. The lowest BCUT2D eigenvalue weighted by Gasteiger charge is -2.23. The van der Waals surface area contributed by atoms with Gasteiger partial charge in [0.1, 0.15) is 11.6 Å². The van der Waals surface area contributed by atoms with Crippen LogP contribution in [0, 0.1) is 0 Å². The lowest BCUT2D eigenvalue weighted by molar-refractivity contribution is 0.355. The zero-order valence-electron chi connectivity index (χ0n) is 18.4. The van der Waals surface area contributed by atoms with Crippen LogP contribution in [0.4, 0.5) is 17.3 Å². The molecule has 7 nitrogen and oxygen atoms in total. The summed E-state index contributed by atoms with van der Waals surface area (Å²) in [5, 5.41) is 4.64. The molecule has 1 N–H and O–H groups in total. The SMILES string of the molecule is COc1ccc(-c2cc(Nc3cccc(N4CCCC4C)n3)c3nccn3p2)cc1OC. The number of nitrogens with zero attached hydrogens (tertiary/aromatic N) is 4. The molecule has 0 radical (unpaired) electrons. The third-order valence-corrected chi connectivity index (χ3v) is 7.02. The highest BCUT2D eigenvalue weighted by molar-refractivity contribution is 7.30. The smallest absolute Gasteiger partial charge is 0.164 e. The van der Waals surface area contributed by atoms with Crippen molar-refractivity contribution >= 4 is 31.3 Å². The maximum Gasteiger partial charge on any atom is 0.164 e. The minimum absolute atomic E-state index is 0.523. The number of hydrogen-bond acceptors (Lipinski definition) is 6. The van der Waals surface area contributed by atoms with E-state index < -0.39 is 0 Å². The van der Waals surface area contributed by atoms with E-state index in [2.05, 4.69) is 44.5 Å². The van der Waals surface area contributed by atoms with Crippen molar-refractivity contribution in [2.24, 2.45) is 0 Å². The molecule has 4 aromatic rings. The average Bonchev–Trinajstić information content (AvgIpc) is 3.47. The van der Waals surface area contributed by atoms with Gasteiger partial charge in [0.15, 0.2) is 17.1 Å². The van der Waals surface area contributed by atoms with E-state index in [0.717, 1.165) is 48.7 Å². The zero-order valence-corrected chi connectivity index (χ0v) is 19.3. The summed E-state index contributed by atoms with van der Waals surface area (Å²) in [5.41, 5.74) is 2.87. The van der Waals surface area contributed by atoms with Crippen LogP contribution in [0.15, 0.2) is 54.9 Å². The maximum absolute atomic E-state index is 5.50. The Morgan fingerprint density at radius 2 is 1.97 bits per heavy atom. The molecule has 1 aliphatic rings. The summed E-state index contributed by atoms with van der Waals surface area (Å²) in [5.74, 6) is 3.25. The normalized spacial score (nSPS) is 16.1. The van der Waals surface area contributed by atoms with Crippen molar-refractivity contribution < 1.29 is 9.47 Å². The van der Waals surface area contributed by atoms with E-state index in [9.17, 15) is 0 Å². The van der Waals surface area contributed by atoms with Crippen LogP contribution in [0.5, 0.6) is 11.5 Å². The molecule has 1 unspecified atom stereocenters. The predicted octanol–water partition coefficient (Wildman–Crippen LogP) is 5.73. The Labute approximate surface area is 189 Å². The summed E-state index contributed by atoms with van der Waals surface area (Å²) in [7, 11) is 4.33. The number of imidazole rings is 1. The van der Waals surface area contributed by atoms with E-state index in [1.807, 2.05) is 36.7 Å². The number of rotatable bonds is 6. The molecule has 1 aromatic carbocycles. The quantitative estimate of drug-likeness (QED) is 0.408. The first-order chi connectivity index (χ1) is 15.7. The Hall–Kier alpha value is -3.31. The number of nitrogens with one attached hydrogen (secondary N) is 1. The van der Waals surface area contributed by atoms with E-state index in [-0.39, 0.29) is 0 Å². The number of anilines is 3. The molecule has 1 fully saturated rings. The van der Waals surface area contributed by atoms with E-state index in [4.69, 9.17) is 14.5 Å². The number of ether oxygens (including phenoxy) is 2. The molecule has 1 atom stereocenters. The number of fused-ring (bicyclic) bond motifs is 1. The first-order valence-corrected chi connectivity index (χ1v) is 11.6. The van der Waals surface area contributed by atoms with Crippen LogP contribution in [-0.2, 0) is 0 Å². The van der Waals surface area contributed by atoms with Crippen LogP contribution in [0.3, 0.4) is 0 Å². The highest BCUT2D eigenvalue weighted by atomic mass is 31.0. The first kappa shape index (κ1) is 20.6. The summed E-state index contributed by atoms with van der Waals surface area (Å²) in [6.07, 6.45) is 6.24. The Morgan fingerprint density at radius 3 is 2.75 bits per heavy atom. The van der Waals surface area contributed by atoms with Crippen molar-refractivity contribution in [3.63, 3.8) is 0 Å². The summed E-state index contributed by atoms with van der Waals surface area (Å²) < 4.78 is 13.0. The standard InChI is InChI=1S/C24H26N5O2P/c1-16-6-5-12-28(16)23-8-4-7-22(27-23)26-18-15-21(32-29-13-11-25-24(18)29)17-9-10-19(30-2)20(14-17)31-3/h4,7-11,13-16H,5-6,12H2,1-3H3,(H,26,27). The fraction of sp³-hybridized carbons (Fsp3) is 0.292. The van der Waals surface area contributed by atoms with Gasteiger partial charge >= 0.3 is 0 Å². The molecular weight excluding hydrogens is 421 g/mol. The molecule has 3 aromatic heterocycles. The molecule has 1 aliphatic heterocycles. The van der Waals surface area contributed by atoms with Gasteiger partial charge in [0, 0.05) is 38.6 Å². The second-order valence-corrected chi connectivity index (χ2v) is 9.01. The van der Waals surface area contributed by atoms with Crippen molar-refractivity contribution in [1.82, 2.24) is 14.1 Å². The number of methoxy groups -OCH3 is 2. The van der Waals surface area contributed by atoms with Crippen LogP contribution in [0.2, 0.25) is 0 Å². The second kappa shape index (κ2) is 8.67. The molecular formula is C24H26N5O2P. The van der Waals surface area contributed by atoms with Crippen molar-refractivity contribution in [3.8, 4) is 22.4 Å². The molecule has 0 saturated carbocycles. The lowest BCUT2D eigenvalue weighted by atomic mass is 10.1. The predicted molar refractivity (Wildman–Crippen MR) is 130 cm³/mol. The minimum atomic E-state index is 0.523. The molecule has 32 heavy (non-hydrogen) atoms. The van der Waals surface area contributed by atoms with Crippen molar-refractivity contribution in [2.45, 2.75) is 25.8 Å². The van der Waals surface area contributed by atoms with Gasteiger partial charge in [-0.15, -0.1) is 0 Å². The van der Waals surface area contributed by atoms with E-state index in [1.165, 1.54) is 12.8 Å². The van der Waals surface area contributed by atoms with Gasteiger partial charge in [0.2, 0.25) is 0 Å². The Bertz CT molecular complexity index is 1260. The fourth-order valence-corrected chi connectivity index (χ4v) is 5.26. The molecule has 1 saturated heterocycles. The highest BCUT2D eigenvalue weighted by Gasteiger charge is 2.21. The Kier molecular flexibility index (Phi) is 5.58. The van der Waals surface area contributed by atoms with Crippen LogP contribution in [0.25, 0.3) is 16.5 Å². The molecule has 0 spiro atoms. The van der Waals surface area contributed by atoms with E-state index in [1.54, 1.807) is 14.2 Å². The van der Waals surface area contributed by atoms with Crippen molar-refractivity contribution in [1.29, 1.82) is 0 Å². The molecule has 164 valence electrons. The summed E-state index contributed by atoms with van der Waals surface area (Å²) >= 11 is 0. The summed E-state index contributed by atoms with van der Waals surface area (Å²) in [6, 6.07) is 14.8. The third-order valence-electron chi connectivity index (χ3n) is 5.88. The topological polar surface area (TPSA) is 63.9 Å². The van der Waals surface area contributed by atoms with Crippen LogP contribution < -0.4 is 19.7 Å². The van der Waals surface area contributed by atoms with Crippen LogP contribution in [0.1, 0.15) is 19.8 Å². The number of benzene rings is 1. The van der Waals surface area contributed by atoms with Crippen molar-refractivity contribution in [2.75, 3.05) is 31.0 Å². The Morgan fingerprint density at radius 1 is 1.09 bits per heavy atom. The summed E-state index contributed by atoms with van der Waals surface area (Å²) in [6.45, 7) is 3.32. The molecule has 4 heterocycles. The van der Waals surface area contributed by atoms with Gasteiger partial charge < -0.3 is 19.7 Å². The van der Waals surface area contributed by atoms with Gasteiger partial charge in [-0.3, -0.25) is 4.16 Å². The molecule has 0 aliphatic carbocycles. The van der Waals surface area contributed by atoms with Gasteiger partial charge in [-0.1, -0.05) is 12.1 Å². The van der Waals surface area contributed by atoms with Crippen LogP contribution in [-0.4, -0.2) is 40.9 Å². The molecule has 0 bridgehead atoms.